The van der Waals surface area contributed by atoms with E-state index in [1.807, 2.05) is 0 Å². The lowest BCUT2D eigenvalue weighted by atomic mass is 10.2. The summed E-state index contributed by atoms with van der Waals surface area (Å²) in [4.78, 5) is 13.0. The smallest absolute Gasteiger partial charge is 0.261 e. The Labute approximate surface area is 162 Å². The molecular formula is C17H18Cl2N2O4S. The lowest BCUT2D eigenvalue weighted by Gasteiger charge is -2.14. The molecule has 0 saturated carbocycles. The van der Waals surface area contributed by atoms with Crippen LogP contribution in [0.1, 0.15) is 5.56 Å². The van der Waals surface area contributed by atoms with Crippen LogP contribution in [0.2, 0.25) is 10.0 Å². The monoisotopic (exact) mass is 416 g/mol. The summed E-state index contributed by atoms with van der Waals surface area (Å²) in [7, 11) is -0.609. The first-order chi connectivity index (χ1) is 12.1. The van der Waals surface area contributed by atoms with Crippen molar-refractivity contribution in [2.75, 3.05) is 25.4 Å². The Morgan fingerprint density at radius 1 is 1.19 bits per heavy atom. The van der Waals surface area contributed by atoms with Gasteiger partial charge < -0.3 is 9.64 Å². The molecule has 0 aliphatic heterocycles. The van der Waals surface area contributed by atoms with E-state index in [0.29, 0.717) is 11.3 Å². The van der Waals surface area contributed by atoms with Crippen LogP contribution >= 0.6 is 23.2 Å². The molecule has 0 radical (unpaired) electrons. The standard InChI is InChI=1S/C17H18Cl2N2O4S/c1-11-9-12(7-8-15(11)25-10-16(22)21(2)3)26(23,24)20-14-6-4-5-13(18)17(14)19/h4-9,20H,10H2,1-3H3. The molecule has 26 heavy (non-hydrogen) atoms. The normalized spacial score (nSPS) is 11.1. The van der Waals surface area contributed by atoms with E-state index in [9.17, 15) is 13.2 Å². The van der Waals surface area contributed by atoms with Crippen LogP contribution in [0.5, 0.6) is 5.75 Å². The van der Waals surface area contributed by atoms with Gasteiger partial charge >= 0.3 is 0 Å². The molecule has 1 amide bonds. The van der Waals surface area contributed by atoms with E-state index in [1.165, 1.54) is 29.2 Å². The van der Waals surface area contributed by atoms with E-state index in [1.54, 1.807) is 33.2 Å². The van der Waals surface area contributed by atoms with Crippen molar-refractivity contribution in [3.8, 4) is 5.75 Å². The third kappa shape index (κ3) is 4.81. The first-order valence-corrected chi connectivity index (χ1v) is 9.76. The Balaban J connectivity index is 2.21. The lowest BCUT2D eigenvalue weighted by molar-refractivity contribution is -0.130. The van der Waals surface area contributed by atoms with Crippen LogP contribution in [-0.2, 0) is 14.8 Å². The number of rotatable bonds is 6. The molecule has 1 N–H and O–H groups in total. The largest absolute Gasteiger partial charge is 0.483 e. The minimum absolute atomic E-state index is 0.0392. The van der Waals surface area contributed by atoms with Crippen LogP contribution in [-0.4, -0.2) is 39.9 Å². The van der Waals surface area contributed by atoms with Crippen molar-refractivity contribution >= 4 is 44.8 Å². The highest BCUT2D eigenvalue weighted by molar-refractivity contribution is 7.92. The first kappa shape index (κ1) is 20.4. The number of aryl methyl sites for hydroxylation is 1. The van der Waals surface area contributed by atoms with Gasteiger partial charge in [-0.15, -0.1) is 0 Å². The van der Waals surface area contributed by atoms with Gasteiger partial charge in [0.25, 0.3) is 15.9 Å². The fourth-order valence-electron chi connectivity index (χ4n) is 2.01. The van der Waals surface area contributed by atoms with Crippen molar-refractivity contribution in [2.45, 2.75) is 11.8 Å². The fourth-order valence-corrected chi connectivity index (χ4v) is 3.57. The van der Waals surface area contributed by atoms with Crippen molar-refractivity contribution in [1.29, 1.82) is 0 Å². The molecule has 0 bridgehead atoms. The van der Waals surface area contributed by atoms with Crippen molar-refractivity contribution in [3.05, 3.63) is 52.0 Å². The summed E-state index contributed by atoms with van der Waals surface area (Å²) in [6.07, 6.45) is 0. The van der Waals surface area contributed by atoms with Crippen molar-refractivity contribution in [2.24, 2.45) is 0 Å². The zero-order chi connectivity index (χ0) is 19.5. The van der Waals surface area contributed by atoms with E-state index in [2.05, 4.69) is 4.72 Å². The lowest BCUT2D eigenvalue weighted by Crippen LogP contribution is -2.27. The molecule has 0 saturated heterocycles. The maximum Gasteiger partial charge on any atom is 0.261 e. The highest BCUT2D eigenvalue weighted by Gasteiger charge is 2.18. The van der Waals surface area contributed by atoms with Gasteiger partial charge in [-0.2, -0.15) is 0 Å². The number of halogens is 2. The average molecular weight is 417 g/mol. The Kier molecular flexibility index (Phi) is 6.39. The predicted molar refractivity (Wildman–Crippen MR) is 103 cm³/mol. The molecule has 2 aromatic carbocycles. The number of hydrogen-bond donors (Lipinski definition) is 1. The number of sulfonamides is 1. The van der Waals surface area contributed by atoms with E-state index in [4.69, 9.17) is 27.9 Å². The van der Waals surface area contributed by atoms with Gasteiger partial charge in [0.1, 0.15) is 5.75 Å². The number of hydrogen-bond acceptors (Lipinski definition) is 4. The Bertz CT molecular complexity index is 930. The molecule has 0 unspecified atom stereocenters. The van der Waals surface area contributed by atoms with Crippen LogP contribution in [0.25, 0.3) is 0 Å². The first-order valence-electron chi connectivity index (χ1n) is 7.52. The summed E-state index contributed by atoms with van der Waals surface area (Å²) < 4.78 is 33.0. The van der Waals surface area contributed by atoms with Crippen LogP contribution in [0, 0.1) is 6.92 Å². The second-order valence-electron chi connectivity index (χ2n) is 5.71. The summed E-state index contributed by atoms with van der Waals surface area (Å²) in [5.74, 6) is 0.235. The van der Waals surface area contributed by atoms with E-state index >= 15 is 0 Å². The quantitative estimate of drug-likeness (QED) is 0.780. The van der Waals surface area contributed by atoms with Crippen molar-refractivity contribution < 1.29 is 17.9 Å². The molecule has 9 heteroatoms. The van der Waals surface area contributed by atoms with Gasteiger partial charge in [-0.3, -0.25) is 9.52 Å². The molecule has 2 aromatic rings. The summed E-state index contributed by atoms with van der Waals surface area (Å²) in [5.41, 5.74) is 0.769. The molecule has 0 heterocycles. The number of benzene rings is 2. The molecule has 0 aliphatic carbocycles. The van der Waals surface area contributed by atoms with Crippen LogP contribution in [0.15, 0.2) is 41.3 Å². The van der Waals surface area contributed by atoms with Gasteiger partial charge in [0.05, 0.1) is 20.6 Å². The molecular weight excluding hydrogens is 399 g/mol. The predicted octanol–water partition coefficient (Wildman–Crippen LogP) is 3.57. The van der Waals surface area contributed by atoms with Crippen molar-refractivity contribution in [3.63, 3.8) is 0 Å². The van der Waals surface area contributed by atoms with Gasteiger partial charge in [0, 0.05) is 14.1 Å². The Morgan fingerprint density at radius 3 is 2.50 bits per heavy atom. The molecule has 0 aromatic heterocycles. The number of amides is 1. The summed E-state index contributed by atoms with van der Waals surface area (Å²) in [6, 6.07) is 9.03. The van der Waals surface area contributed by atoms with Gasteiger partial charge in [-0.25, -0.2) is 8.42 Å². The Morgan fingerprint density at radius 2 is 1.88 bits per heavy atom. The summed E-state index contributed by atoms with van der Waals surface area (Å²) in [5, 5.41) is 0.369. The number of carbonyl (C=O) groups excluding carboxylic acids is 1. The number of nitrogens with zero attached hydrogens (tertiary/aromatic N) is 1. The van der Waals surface area contributed by atoms with E-state index in [-0.39, 0.29) is 33.1 Å². The minimum atomic E-state index is -3.86. The zero-order valence-electron chi connectivity index (χ0n) is 14.4. The van der Waals surface area contributed by atoms with E-state index in [0.717, 1.165) is 0 Å². The summed E-state index contributed by atoms with van der Waals surface area (Å²) >= 11 is 11.9. The second kappa shape index (κ2) is 8.16. The number of likely N-dealkylation sites (N-methyl/N-ethyl adjacent to an activating group) is 1. The number of ether oxygens (including phenoxy) is 1. The molecule has 0 atom stereocenters. The maximum atomic E-state index is 12.6. The number of anilines is 1. The highest BCUT2D eigenvalue weighted by Crippen LogP contribution is 2.31. The number of nitrogens with one attached hydrogen (secondary N) is 1. The average Bonchev–Trinajstić information content (AvgIpc) is 2.57. The van der Waals surface area contributed by atoms with Gasteiger partial charge in [0.2, 0.25) is 0 Å². The SMILES string of the molecule is Cc1cc(S(=O)(=O)Nc2cccc(Cl)c2Cl)ccc1OCC(=O)N(C)C. The third-order valence-electron chi connectivity index (χ3n) is 3.50. The third-order valence-corrected chi connectivity index (χ3v) is 5.68. The van der Waals surface area contributed by atoms with Crippen LogP contribution in [0.4, 0.5) is 5.69 Å². The zero-order valence-corrected chi connectivity index (χ0v) is 16.7. The van der Waals surface area contributed by atoms with Crippen molar-refractivity contribution in [1.82, 2.24) is 4.90 Å². The molecule has 0 fully saturated rings. The minimum Gasteiger partial charge on any atom is -0.483 e. The highest BCUT2D eigenvalue weighted by atomic mass is 35.5. The topological polar surface area (TPSA) is 75.7 Å². The summed E-state index contributed by atoms with van der Waals surface area (Å²) in [6.45, 7) is 1.57. The van der Waals surface area contributed by atoms with Crippen LogP contribution < -0.4 is 9.46 Å². The maximum absolute atomic E-state index is 12.6. The molecule has 2 rings (SSSR count). The van der Waals surface area contributed by atoms with Gasteiger partial charge in [-0.1, -0.05) is 29.3 Å². The molecule has 0 spiro atoms. The van der Waals surface area contributed by atoms with E-state index < -0.39 is 10.0 Å². The van der Waals surface area contributed by atoms with Gasteiger partial charge in [0.15, 0.2) is 6.61 Å². The van der Waals surface area contributed by atoms with Crippen LogP contribution in [0.3, 0.4) is 0 Å². The number of carbonyl (C=O) groups is 1. The fraction of sp³-hybridized carbons (Fsp3) is 0.235. The molecule has 140 valence electrons. The second-order valence-corrected chi connectivity index (χ2v) is 8.18. The molecule has 6 nitrogen and oxygen atoms in total. The molecule has 0 aliphatic rings. The Hall–Kier alpha value is -1.96. The van der Waals surface area contributed by atoms with Gasteiger partial charge in [-0.05, 0) is 42.8 Å².